The van der Waals surface area contributed by atoms with Crippen LogP contribution in [0, 0.1) is 13.8 Å². The SMILES string of the molecule is CCc1nc2c(C)cccn2c1C(=O)Nc1ccc(C)cc1Br. The standard InChI is InChI=1S/C18H18BrN3O/c1-4-14-16(22-9-5-6-12(3)17(22)20-14)18(23)21-15-8-7-11(2)10-13(15)19/h5-10H,4H2,1-3H3,(H,21,23). The molecule has 0 bridgehead atoms. The van der Waals surface area contributed by atoms with E-state index in [1.165, 1.54) is 0 Å². The lowest BCUT2D eigenvalue weighted by Gasteiger charge is -2.09. The van der Waals surface area contributed by atoms with E-state index in [1.54, 1.807) is 0 Å². The number of nitrogens with one attached hydrogen (secondary N) is 1. The van der Waals surface area contributed by atoms with Crippen LogP contribution in [0.2, 0.25) is 0 Å². The number of rotatable bonds is 3. The van der Waals surface area contributed by atoms with Gasteiger partial charge in [0.05, 0.1) is 11.4 Å². The van der Waals surface area contributed by atoms with Crippen LogP contribution in [0.25, 0.3) is 5.65 Å². The molecule has 0 aliphatic carbocycles. The van der Waals surface area contributed by atoms with Crippen LogP contribution in [0.1, 0.15) is 34.2 Å². The van der Waals surface area contributed by atoms with Crippen LogP contribution in [0.4, 0.5) is 5.69 Å². The summed E-state index contributed by atoms with van der Waals surface area (Å²) in [5.41, 5.74) is 5.17. The molecule has 1 N–H and O–H groups in total. The highest BCUT2D eigenvalue weighted by atomic mass is 79.9. The van der Waals surface area contributed by atoms with Crippen molar-refractivity contribution in [2.45, 2.75) is 27.2 Å². The van der Waals surface area contributed by atoms with Gasteiger partial charge < -0.3 is 5.32 Å². The van der Waals surface area contributed by atoms with E-state index in [4.69, 9.17) is 0 Å². The van der Waals surface area contributed by atoms with Crippen LogP contribution in [-0.2, 0) is 6.42 Å². The van der Waals surface area contributed by atoms with E-state index in [-0.39, 0.29) is 5.91 Å². The van der Waals surface area contributed by atoms with E-state index in [0.717, 1.165) is 32.6 Å². The zero-order chi connectivity index (χ0) is 16.6. The first-order valence-electron chi connectivity index (χ1n) is 7.55. The lowest BCUT2D eigenvalue weighted by atomic mass is 10.2. The Balaban J connectivity index is 2.05. The summed E-state index contributed by atoms with van der Waals surface area (Å²) < 4.78 is 2.74. The molecule has 0 aliphatic rings. The topological polar surface area (TPSA) is 46.4 Å². The second-order valence-corrected chi connectivity index (χ2v) is 6.44. The molecule has 5 heteroatoms. The third-order valence-electron chi connectivity index (χ3n) is 3.84. The second kappa shape index (κ2) is 6.16. The van der Waals surface area contributed by atoms with E-state index in [2.05, 4.69) is 26.2 Å². The molecule has 1 aromatic carbocycles. The van der Waals surface area contributed by atoms with E-state index in [0.29, 0.717) is 12.1 Å². The van der Waals surface area contributed by atoms with Gasteiger partial charge in [0.1, 0.15) is 11.3 Å². The quantitative estimate of drug-likeness (QED) is 0.734. The van der Waals surface area contributed by atoms with Crippen molar-refractivity contribution in [2.75, 3.05) is 5.32 Å². The van der Waals surface area contributed by atoms with Crippen LogP contribution in [-0.4, -0.2) is 15.3 Å². The summed E-state index contributed by atoms with van der Waals surface area (Å²) in [5.74, 6) is -0.149. The van der Waals surface area contributed by atoms with Gasteiger partial charge in [0, 0.05) is 10.7 Å². The number of amides is 1. The number of benzene rings is 1. The van der Waals surface area contributed by atoms with Crippen molar-refractivity contribution in [2.24, 2.45) is 0 Å². The molecule has 3 aromatic rings. The van der Waals surface area contributed by atoms with Gasteiger partial charge in [-0.1, -0.05) is 19.1 Å². The maximum Gasteiger partial charge on any atom is 0.274 e. The number of halogens is 1. The van der Waals surface area contributed by atoms with E-state index < -0.39 is 0 Å². The Morgan fingerprint density at radius 2 is 2.09 bits per heavy atom. The lowest BCUT2D eigenvalue weighted by molar-refractivity contribution is 0.102. The van der Waals surface area contributed by atoms with Crippen molar-refractivity contribution >= 4 is 33.2 Å². The number of aromatic nitrogens is 2. The molecule has 0 atom stereocenters. The molecule has 3 rings (SSSR count). The van der Waals surface area contributed by atoms with Crippen LogP contribution in [0.5, 0.6) is 0 Å². The fourth-order valence-corrected chi connectivity index (χ4v) is 3.23. The van der Waals surface area contributed by atoms with Crippen molar-refractivity contribution in [3.05, 3.63) is 63.5 Å². The Kier molecular flexibility index (Phi) is 4.22. The highest BCUT2D eigenvalue weighted by Crippen LogP contribution is 2.25. The molecule has 0 saturated carbocycles. The monoisotopic (exact) mass is 371 g/mol. The Labute approximate surface area is 143 Å². The molecule has 1 amide bonds. The van der Waals surface area contributed by atoms with Gasteiger partial charge in [-0.25, -0.2) is 4.98 Å². The lowest BCUT2D eigenvalue weighted by Crippen LogP contribution is -2.16. The summed E-state index contributed by atoms with van der Waals surface area (Å²) in [6.45, 7) is 6.02. The summed E-state index contributed by atoms with van der Waals surface area (Å²) in [7, 11) is 0. The number of carbonyl (C=O) groups is 1. The smallest absolute Gasteiger partial charge is 0.274 e. The average molecular weight is 372 g/mol. The molecule has 4 nitrogen and oxygen atoms in total. The molecule has 0 aliphatic heterocycles. The number of anilines is 1. The van der Waals surface area contributed by atoms with Gasteiger partial charge in [-0.2, -0.15) is 0 Å². The number of hydrogen-bond donors (Lipinski definition) is 1. The van der Waals surface area contributed by atoms with Crippen LogP contribution in [0.15, 0.2) is 41.0 Å². The first-order chi connectivity index (χ1) is 11.0. The zero-order valence-corrected chi connectivity index (χ0v) is 14.9. The number of nitrogens with zero attached hydrogens (tertiary/aromatic N) is 2. The summed E-state index contributed by atoms with van der Waals surface area (Å²) in [5, 5.41) is 2.98. The highest BCUT2D eigenvalue weighted by molar-refractivity contribution is 9.10. The van der Waals surface area contributed by atoms with Crippen molar-refractivity contribution < 1.29 is 4.79 Å². The third-order valence-corrected chi connectivity index (χ3v) is 4.50. The normalized spacial score (nSPS) is 11.0. The third kappa shape index (κ3) is 2.88. The summed E-state index contributed by atoms with van der Waals surface area (Å²) in [4.78, 5) is 17.4. The summed E-state index contributed by atoms with van der Waals surface area (Å²) >= 11 is 3.50. The van der Waals surface area contributed by atoms with E-state index in [1.807, 2.05) is 61.7 Å². The molecule has 0 spiro atoms. The first-order valence-corrected chi connectivity index (χ1v) is 8.34. The second-order valence-electron chi connectivity index (χ2n) is 5.58. The van der Waals surface area contributed by atoms with E-state index in [9.17, 15) is 4.79 Å². The number of pyridine rings is 1. The van der Waals surface area contributed by atoms with Gasteiger partial charge in [-0.05, 0) is 65.5 Å². The fourth-order valence-electron chi connectivity index (χ4n) is 2.64. The molecule has 23 heavy (non-hydrogen) atoms. The average Bonchev–Trinajstić information content (AvgIpc) is 2.90. The number of aryl methyl sites for hydroxylation is 3. The molecular formula is C18H18BrN3O. The molecule has 2 heterocycles. The molecule has 0 fully saturated rings. The minimum Gasteiger partial charge on any atom is -0.320 e. The van der Waals surface area contributed by atoms with Crippen LogP contribution < -0.4 is 5.32 Å². The Bertz CT molecular complexity index is 899. The Morgan fingerprint density at radius 3 is 2.78 bits per heavy atom. The molecule has 0 unspecified atom stereocenters. The predicted molar refractivity (Wildman–Crippen MR) is 96.1 cm³/mol. The van der Waals surface area contributed by atoms with Gasteiger partial charge in [-0.3, -0.25) is 9.20 Å². The molecule has 2 aromatic heterocycles. The van der Waals surface area contributed by atoms with Crippen molar-refractivity contribution in [3.63, 3.8) is 0 Å². The molecule has 0 saturated heterocycles. The van der Waals surface area contributed by atoms with Gasteiger partial charge >= 0.3 is 0 Å². The van der Waals surface area contributed by atoms with Crippen molar-refractivity contribution in [3.8, 4) is 0 Å². The predicted octanol–water partition coefficient (Wildman–Crippen LogP) is 4.53. The largest absolute Gasteiger partial charge is 0.320 e. The Morgan fingerprint density at radius 1 is 1.30 bits per heavy atom. The number of carbonyl (C=O) groups excluding carboxylic acids is 1. The molecular weight excluding hydrogens is 354 g/mol. The maximum atomic E-state index is 12.8. The fraction of sp³-hybridized carbons (Fsp3) is 0.222. The van der Waals surface area contributed by atoms with Gasteiger partial charge in [0.25, 0.3) is 5.91 Å². The first kappa shape index (κ1) is 15.7. The zero-order valence-electron chi connectivity index (χ0n) is 13.4. The minimum absolute atomic E-state index is 0.149. The van der Waals surface area contributed by atoms with Crippen molar-refractivity contribution in [1.29, 1.82) is 0 Å². The van der Waals surface area contributed by atoms with Crippen molar-refractivity contribution in [1.82, 2.24) is 9.38 Å². The number of imidazole rings is 1. The number of hydrogen-bond acceptors (Lipinski definition) is 2. The summed E-state index contributed by atoms with van der Waals surface area (Å²) in [6, 6.07) is 9.79. The van der Waals surface area contributed by atoms with E-state index >= 15 is 0 Å². The van der Waals surface area contributed by atoms with Crippen LogP contribution in [0.3, 0.4) is 0 Å². The molecule has 118 valence electrons. The van der Waals surface area contributed by atoms with Crippen LogP contribution >= 0.6 is 15.9 Å². The van der Waals surface area contributed by atoms with Gasteiger partial charge in [-0.15, -0.1) is 0 Å². The molecule has 0 radical (unpaired) electrons. The maximum absolute atomic E-state index is 12.8. The van der Waals surface area contributed by atoms with Gasteiger partial charge in [0.15, 0.2) is 0 Å². The highest BCUT2D eigenvalue weighted by Gasteiger charge is 2.19. The minimum atomic E-state index is -0.149. The Hall–Kier alpha value is -2.14. The number of fused-ring (bicyclic) bond motifs is 1. The van der Waals surface area contributed by atoms with Gasteiger partial charge in [0.2, 0.25) is 0 Å². The summed E-state index contributed by atoms with van der Waals surface area (Å²) in [6.07, 6.45) is 2.59.